The Bertz CT molecular complexity index is 140. The molecule has 10 heavy (non-hydrogen) atoms. The lowest BCUT2D eigenvalue weighted by molar-refractivity contribution is 0.160. The molecular weight excluding hydrogens is 128 g/mol. The van der Waals surface area contributed by atoms with Crippen LogP contribution in [0, 0.1) is 0 Å². The van der Waals surface area contributed by atoms with E-state index < -0.39 is 0 Å². The first-order valence-corrected chi connectivity index (χ1v) is 3.80. The standard InChI is InChI=1S/C8H14O2/c1-2-3-7(9)4-6-5-8(6)10/h5,7-10H,2-4H2,1H3/t7?,8-/m1/s1. The van der Waals surface area contributed by atoms with Crippen LogP contribution < -0.4 is 0 Å². The Balaban J connectivity index is 2.07. The van der Waals surface area contributed by atoms with Crippen LogP contribution in [0.4, 0.5) is 0 Å². The summed E-state index contributed by atoms with van der Waals surface area (Å²) in [7, 11) is 0. The van der Waals surface area contributed by atoms with Crippen molar-refractivity contribution in [1.82, 2.24) is 0 Å². The van der Waals surface area contributed by atoms with Gasteiger partial charge in [0.05, 0.1) is 12.2 Å². The maximum absolute atomic E-state index is 9.23. The summed E-state index contributed by atoms with van der Waals surface area (Å²) in [4.78, 5) is 0. The van der Waals surface area contributed by atoms with Gasteiger partial charge in [0.25, 0.3) is 0 Å². The van der Waals surface area contributed by atoms with Gasteiger partial charge in [-0.25, -0.2) is 0 Å². The van der Waals surface area contributed by atoms with Crippen molar-refractivity contribution in [3.05, 3.63) is 11.6 Å². The molecule has 0 amide bonds. The highest BCUT2D eigenvalue weighted by atomic mass is 16.3. The number of hydrogen-bond acceptors (Lipinski definition) is 2. The van der Waals surface area contributed by atoms with Gasteiger partial charge in [-0.1, -0.05) is 13.3 Å². The van der Waals surface area contributed by atoms with Gasteiger partial charge in [-0.2, -0.15) is 0 Å². The van der Waals surface area contributed by atoms with Crippen molar-refractivity contribution in [3.8, 4) is 0 Å². The Hall–Kier alpha value is -0.340. The molecule has 1 aliphatic rings. The smallest absolute Gasteiger partial charge is 0.0937 e. The Morgan fingerprint density at radius 1 is 1.70 bits per heavy atom. The normalized spacial score (nSPS) is 25.9. The van der Waals surface area contributed by atoms with Crippen molar-refractivity contribution in [3.63, 3.8) is 0 Å². The fraction of sp³-hybridized carbons (Fsp3) is 0.750. The van der Waals surface area contributed by atoms with Crippen LogP contribution in [0.3, 0.4) is 0 Å². The van der Waals surface area contributed by atoms with Gasteiger partial charge in [0.2, 0.25) is 0 Å². The van der Waals surface area contributed by atoms with Crippen LogP contribution in [0.5, 0.6) is 0 Å². The molecule has 0 saturated heterocycles. The van der Waals surface area contributed by atoms with Crippen LogP contribution in [0.1, 0.15) is 26.2 Å². The summed E-state index contributed by atoms with van der Waals surface area (Å²) in [6.07, 6.45) is 3.72. The molecule has 0 saturated carbocycles. The molecule has 0 aromatic rings. The SMILES string of the molecule is CCCC(O)CC1=C[C@H]1O. The highest BCUT2D eigenvalue weighted by Crippen LogP contribution is 2.25. The topological polar surface area (TPSA) is 40.5 Å². The summed E-state index contributed by atoms with van der Waals surface area (Å²) in [6.45, 7) is 2.04. The lowest BCUT2D eigenvalue weighted by Gasteiger charge is -2.05. The summed E-state index contributed by atoms with van der Waals surface area (Å²) < 4.78 is 0. The Morgan fingerprint density at radius 2 is 2.30 bits per heavy atom. The molecule has 0 heterocycles. The van der Waals surface area contributed by atoms with Crippen LogP contribution in [-0.4, -0.2) is 22.4 Å². The molecule has 1 rings (SSSR count). The molecule has 0 fully saturated rings. The molecule has 2 N–H and O–H groups in total. The molecule has 0 bridgehead atoms. The van der Waals surface area contributed by atoms with Gasteiger partial charge < -0.3 is 10.2 Å². The Kier molecular flexibility index (Phi) is 2.46. The zero-order valence-corrected chi connectivity index (χ0v) is 6.25. The molecule has 58 valence electrons. The third-order valence-corrected chi connectivity index (χ3v) is 1.74. The van der Waals surface area contributed by atoms with Gasteiger partial charge in [-0.3, -0.25) is 0 Å². The predicted octanol–water partition coefficient (Wildman–Crippen LogP) is 0.838. The van der Waals surface area contributed by atoms with Gasteiger partial charge in [0.1, 0.15) is 0 Å². The molecule has 0 spiro atoms. The molecule has 0 radical (unpaired) electrons. The first kappa shape index (κ1) is 7.76. The van der Waals surface area contributed by atoms with Crippen molar-refractivity contribution in [2.24, 2.45) is 0 Å². The monoisotopic (exact) mass is 142 g/mol. The van der Waals surface area contributed by atoms with E-state index in [0.29, 0.717) is 6.42 Å². The minimum atomic E-state index is -0.313. The first-order valence-electron chi connectivity index (χ1n) is 3.80. The lowest BCUT2D eigenvalue weighted by Crippen LogP contribution is -2.05. The summed E-state index contributed by atoms with van der Waals surface area (Å²) in [5.41, 5.74) is 1.00. The van der Waals surface area contributed by atoms with Crippen LogP contribution in [0.25, 0.3) is 0 Å². The zero-order chi connectivity index (χ0) is 7.56. The van der Waals surface area contributed by atoms with Crippen LogP contribution in [-0.2, 0) is 0 Å². The maximum atomic E-state index is 9.23. The lowest BCUT2D eigenvalue weighted by atomic mass is 10.1. The zero-order valence-electron chi connectivity index (χ0n) is 6.25. The molecule has 2 nitrogen and oxygen atoms in total. The van der Waals surface area contributed by atoms with Crippen LogP contribution >= 0.6 is 0 Å². The minimum Gasteiger partial charge on any atom is -0.393 e. The van der Waals surface area contributed by atoms with E-state index in [1.807, 2.05) is 6.92 Å². The van der Waals surface area contributed by atoms with Gasteiger partial charge in [0.15, 0.2) is 0 Å². The number of aliphatic hydroxyl groups is 2. The average molecular weight is 142 g/mol. The minimum absolute atomic E-state index is 0.242. The summed E-state index contributed by atoms with van der Waals surface area (Å²) in [6, 6.07) is 0. The second-order valence-electron chi connectivity index (χ2n) is 2.83. The van der Waals surface area contributed by atoms with Crippen molar-refractivity contribution >= 4 is 0 Å². The first-order chi connectivity index (χ1) is 4.74. The number of hydrogen-bond donors (Lipinski definition) is 2. The van der Waals surface area contributed by atoms with Crippen molar-refractivity contribution in [2.45, 2.75) is 38.4 Å². The molecule has 0 aromatic carbocycles. The van der Waals surface area contributed by atoms with E-state index in [0.717, 1.165) is 18.4 Å². The third-order valence-electron chi connectivity index (χ3n) is 1.74. The van der Waals surface area contributed by atoms with Gasteiger partial charge >= 0.3 is 0 Å². The summed E-state index contributed by atoms with van der Waals surface area (Å²) in [5.74, 6) is 0. The number of aliphatic hydroxyl groups excluding tert-OH is 2. The molecule has 2 atom stereocenters. The van der Waals surface area contributed by atoms with Crippen molar-refractivity contribution < 1.29 is 10.2 Å². The van der Waals surface area contributed by atoms with E-state index >= 15 is 0 Å². The molecule has 1 unspecified atom stereocenters. The maximum Gasteiger partial charge on any atom is 0.0937 e. The van der Waals surface area contributed by atoms with Crippen LogP contribution in [0.2, 0.25) is 0 Å². The van der Waals surface area contributed by atoms with Crippen molar-refractivity contribution in [2.75, 3.05) is 0 Å². The summed E-state index contributed by atoms with van der Waals surface area (Å²) in [5, 5.41) is 18.1. The fourth-order valence-corrected chi connectivity index (χ4v) is 1.05. The van der Waals surface area contributed by atoms with E-state index in [9.17, 15) is 5.11 Å². The largest absolute Gasteiger partial charge is 0.393 e. The fourth-order valence-electron chi connectivity index (χ4n) is 1.05. The molecular formula is C8H14O2. The second kappa shape index (κ2) is 3.17. The quantitative estimate of drug-likeness (QED) is 0.571. The van der Waals surface area contributed by atoms with Crippen molar-refractivity contribution in [1.29, 1.82) is 0 Å². The average Bonchev–Trinajstić information content (AvgIpc) is 2.47. The van der Waals surface area contributed by atoms with Gasteiger partial charge in [-0.15, -0.1) is 0 Å². The van der Waals surface area contributed by atoms with Crippen LogP contribution in [0.15, 0.2) is 11.6 Å². The number of rotatable bonds is 4. The molecule has 0 aliphatic heterocycles. The second-order valence-corrected chi connectivity index (χ2v) is 2.83. The van der Waals surface area contributed by atoms with E-state index in [1.165, 1.54) is 0 Å². The molecule has 0 aromatic heterocycles. The third kappa shape index (κ3) is 2.12. The molecule has 2 heteroatoms. The van der Waals surface area contributed by atoms with Gasteiger partial charge in [-0.05, 0) is 24.5 Å². The Labute approximate surface area is 61.2 Å². The molecule has 1 aliphatic carbocycles. The highest BCUT2D eigenvalue weighted by Gasteiger charge is 2.23. The Morgan fingerprint density at radius 3 is 2.70 bits per heavy atom. The van der Waals surface area contributed by atoms with E-state index in [4.69, 9.17) is 5.11 Å². The van der Waals surface area contributed by atoms with Gasteiger partial charge in [0, 0.05) is 0 Å². The van der Waals surface area contributed by atoms with E-state index in [2.05, 4.69) is 0 Å². The summed E-state index contributed by atoms with van der Waals surface area (Å²) >= 11 is 0. The van der Waals surface area contributed by atoms with E-state index in [1.54, 1.807) is 6.08 Å². The predicted molar refractivity (Wildman–Crippen MR) is 39.6 cm³/mol. The highest BCUT2D eigenvalue weighted by molar-refractivity contribution is 5.31. The van der Waals surface area contributed by atoms with E-state index in [-0.39, 0.29) is 12.2 Å².